The summed E-state index contributed by atoms with van der Waals surface area (Å²) < 4.78 is 0. The number of unbranched alkanes of at least 4 members (excludes halogenated alkanes) is 1. The molecule has 16 heavy (non-hydrogen) atoms. The van der Waals surface area contributed by atoms with E-state index >= 15 is 0 Å². The Morgan fingerprint density at radius 2 is 1.75 bits per heavy atom. The average molecular weight is 222 g/mol. The Hall–Kier alpha value is 0. The molecule has 0 bridgehead atoms. The maximum Gasteiger partial charge on any atom is -0.0238 e. The lowest BCUT2D eigenvalue weighted by atomic mass is 9.72. The minimum Gasteiger partial charge on any atom is -0.0654 e. The molecule has 0 amide bonds. The molecule has 0 spiro atoms. The van der Waals surface area contributed by atoms with E-state index in [2.05, 4.69) is 20.8 Å². The van der Waals surface area contributed by atoms with Crippen LogP contribution in [0.1, 0.15) is 78.6 Å². The molecule has 0 radical (unpaired) electrons. The first-order valence-electron chi connectivity index (χ1n) is 7.74. The van der Waals surface area contributed by atoms with E-state index in [1.807, 2.05) is 0 Å². The second-order valence-corrected chi connectivity index (χ2v) is 6.52. The summed E-state index contributed by atoms with van der Waals surface area (Å²) in [5.74, 6) is 3.20. The van der Waals surface area contributed by atoms with E-state index in [9.17, 15) is 0 Å². The van der Waals surface area contributed by atoms with Crippen molar-refractivity contribution in [3.05, 3.63) is 0 Å². The fraction of sp³-hybridized carbons (Fsp3) is 1.00. The van der Waals surface area contributed by atoms with Crippen LogP contribution in [0, 0.1) is 23.2 Å². The zero-order valence-electron chi connectivity index (χ0n) is 11.6. The van der Waals surface area contributed by atoms with E-state index in [-0.39, 0.29) is 0 Å². The molecule has 2 rings (SSSR count). The predicted octanol–water partition coefficient (Wildman–Crippen LogP) is 5.42. The number of hydrogen-bond acceptors (Lipinski definition) is 0. The largest absolute Gasteiger partial charge is 0.0654 e. The third-order valence-electron chi connectivity index (χ3n) is 5.26. The normalized spacial score (nSPS) is 26.4. The minimum absolute atomic E-state index is 0.851. The van der Waals surface area contributed by atoms with Crippen molar-refractivity contribution in [2.45, 2.75) is 78.6 Å². The summed E-state index contributed by atoms with van der Waals surface area (Å²) in [6.07, 6.45) is 13.5. The highest BCUT2D eigenvalue weighted by atomic mass is 14.6. The SMILES string of the molecule is CCCCC(C(C)CCC)C1(C2CC2)CC1. The van der Waals surface area contributed by atoms with Gasteiger partial charge in [0.25, 0.3) is 0 Å². The van der Waals surface area contributed by atoms with Crippen LogP contribution in [0.5, 0.6) is 0 Å². The summed E-state index contributed by atoms with van der Waals surface area (Å²) in [5.41, 5.74) is 0.851. The smallest absolute Gasteiger partial charge is 0.0238 e. The maximum atomic E-state index is 2.53. The molecule has 0 N–H and O–H groups in total. The van der Waals surface area contributed by atoms with Gasteiger partial charge in [0.15, 0.2) is 0 Å². The van der Waals surface area contributed by atoms with Crippen molar-refractivity contribution in [1.82, 2.24) is 0 Å². The predicted molar refractivity (Wildman–Crippen MR) is 71.5 cm³/mol. The molecular formula is C16H30. The zero-order valence-corrected chi connectivity index (χ0v) is 11.6. The van der Waals surface area contributed by atoms with Gasteiger partial charge in [-0.05, 0) is 55.3 Å². The van der Waals surface area contributed by atoms with E-state index < -0.39 is 0 Å². The van der Waals surface area contributed by atoms with Gasteiger partial charge in [-0.25, -0.2) is 0 Å². The quantitative estimate of drug-likeness (QED) is 0.514. The van der Waals surface area contributed by atoms with Gasteiger partial charge < -0.3 is 0 Å². The number of rotatable bonds is 8. The van der Waals surface area contributed by atoms with Crippen molar-refractivity contribution in [1.29, 1.82) is 0 Å². The average Bonchev–Trinajstić information content (AvgIpc) is 3.12. The van der Waals surface area contributed by atoms with E-state index in [0.29, 0.717) is 0 Å². The van der Waals surface area contributed by atoms with Gasteiger partial charge >= 0.3 is 0 Å². The first-order valence-corrected chi connectivity index (χ1v) is 7.74. The van der Waals surface area contributed by atoms with Crippen LogP contribution in [0.4, 0.5) is 0 Å². The Bertz CT molecular complexity index is 210. The third-order valence-corrected chi connectivity index (χ3v) is 5.26. The van der Waals surface area contributed by atoms with Gasteiger partial charge in [0.05, 0.1) is 0 Å². The molecule has 0 heteroatoms. The lowest BCUT2D eigenvalue weighted by molar-refractivity contribution is 0.166. The summed E-state index contributed by atoms with van der Waals surface area (Å²) in [6.45, 7) is 7.23. The lowest BCUT2D eigenvalue weighted by Gasteiger charge is -2.32. The van der Waals surface area contributed by atoms with Gasteiger partial charge in [0, 0.05) is 0 Å². The molecule has 0 aromatic heterocycles. The van der Waals surface area contributed by atoms with E-state index in [1.165, 1.54) is 32.1 Å². The van der Waals surface area contributed by atoms with E-state index in [0.717, 1.165) is 23.2 Å². The highest BCUT2D eigenvalue weighted by Crippen LogP contribution is 2.67. The van der Waals surface area contributed by atoms with Crippen LogP contribution in [0.25, 0.3) is 0 Å². The second-order valence-electron chi connectivity index (χ2n) is 6.52. The van der Waals surface area contributed by atoms with Crippen LogP contribution in [-0.2, 0) is 0 Å². The van der Waals surface area contributed by atoms with Crippen molar-refractivity contribution in [3.63, 3.8) is 0 Å². The summed E-state index contributed by atoms with van der Waals surface area (Å²) in [6, 6.07) is 0. The molecule has 2 atom stereocenters. The summed E-state index contributed by atoms with van der Waals surface area (Å²) in [5, 5.41) is 0. The Labute approximate surface area is 102 Å². The van der Waals surface area contributed by atoms with Crippen LogP contribution in [0.2, 0.25) is 0 Å². The molecule has 2 aliphatic rings. The van der Waals surface area contributed by atoms with Crippen LogP contribution in [-0.4, -0.2) is 0 Å². The Morgan fingerprint density at radius 3 is 2.19 bits per heavy atom. The van der Waals surface area contributed by atoms with Crippen LogP contribution in [0.3, 0.4) is 0 Å². The fourth-order valence-corrected chi connectivity index (χ4v) is 4.10. The standard InChI is InChI=1S/C16H30/c1-4-6-8-15(13(3)7-5-2)16(11-12-16)14-9-10-14/h13-15H,4-12H2,1-3H3. The van der Waals surface area contributed by atoms with Crippen molar-refractivity contribution in [2.75, 3.05) is 0 Å². The molecule has 0 aliphatic heterocycles. The van der Waals surface area contributed by atoms with Gasteiger partial charge in [0.2, 0.25) is 0 Å². The lowest BCUT2D eigenvalue weighted by Crippen LogP contribution is -2.25. The molecule has 2 unspecified atom stereocenters. The first-order chi connectivity index (χ1) is 7.74. The van der Waals surface area contributed by atoms with Crippen molar-refractivity contribution in [2.24, 2.45) is 23.2 Å². The highest BCUT2D eigenvalue weighted by Gasteiger charge is 2.58. The van der Waals surface area contributed by atoms with Crippen LogP contribution in [0.15, 0.2) is 0 Å². The summed E-state index contributed by atoms with van der Waals surface area (Å²) in [7, 11) is 0. The molecule has 0 heterocycles. The molecule has 94 valence electrons. The third kappa shape index (κ3) is 2.46. The maximum absolute atomic E-state index is 2.53. The zero-order chi connectivity index (χ0) is 11.6. The Kier molecular flexibility index (Phi) is 3.97. The molecular weight excluding hydrogens is 192 g/mol. The van der Waals surface area contributed by atoms with Crippen molar-refractivity contribution >= 4 is 0 Å². The van der Waals surface area contributed by atoms with Crippen LogP contribution < -0.4 is 0 Å². The Morgan fingerprint density at radius 1 is 1.06 bits per heavy atom. The van der Waals surface area contributed by atoms with E-state index in [1.54, 1.807) is 25.7 Å². The van der Waals surface area contributed by atoms with Gasteiger partial charge in [-0.1, -0.05) is 46.5 Å². The number of hydrogen-bond donors (Lipinski definition) is 0. The molecule has 2 saturated carbocycles. The monoisotopic (exact) mass is 222 g/mol. The Balaban J connectivity index is 1.96. The summed E-state index contributed by atoms with van der Waals surface area (Å²) in [4.78, 5) is 0. The first kappa shape index (κ1) is 12.5. The molecule has 0 aromatic rings. The van der Waals surface area contributed by atoms with Gasteiger partial charge in [-0.15, -0.1) is 0 Å². The van der Waals surface area contributed by atoms with Gasteiger partial charge in [-0.2, -0.15) is 0 Å². The molecule has 0 saturated heterocycles. The minimum atomic E-state index is 0.851. The molecule has 2 aliphatic carbocycles. The second kappa shape index (κ2) is 5.10. The topological polar surface area (TPSA) is 0 Å². The van der Waals surface area contributed by atoms with Gasteiger partial charge in [0.1, 0.15) is 0 Å². The van der Waals surface area contributed by atoms with Crippen LogP contribution >= 0.6 is 0 Å². The molecule has 2 fully saturated rings. The highest BCUT2D eigenvalue weighted by molar-refractivity contribution is 5.08. The van der Waals surface area contributed by atoms with Crippen molar-refractivity contribution in [3.8, 4) is 0 Å². The molecule has 0 nitrogen and oxygen atoms in total. The van der Waals surface area contributed by atoms with Gasteiger partial charge in [-0.3, -0.25) is 0 Å². The van der Waals surface area contributed by atoms with Crippen molar-refractivity contribution < 1.29 is 0 Å². The van der Waals surface area contributed by atoms with E-state index in [4.69, 9.17) is 0 Å². The molecule has 0 aromatic carbocycles. The fourth-order valence-electron chi connectivity index (χ4n) is 4.10. The summed E-state index contributed by atoms with van der Waals surface area (Å²) >= 11 is 0.